The molecular formula is C12H25N3O2S2. The number of nitrogens with zero attached hydrogens (tertiary/aromatic N) is 1. The molecule has 0 saturated carbocycles. The van der Waals surface area contributed by atoms with Gasteiger partial charge >= 0.3 is 0 Å². The lowest BCUT2D eigenvalue weighted by molar-refractivity contribution is -0.0250. The van der Waals surface area contributed by atoms with Gasteiger partial charge in [0.2, 0.25) is 0 Å². The lowest BCUT2D eigenvalue weighted by Gasteiger charge is -2.33. The number of carbonyl (C=O) groups excluding carboxylic acids is 1. The van der Waals surface area contributed by atoms with E-state index in [9.17, 15) is 4.79 Å². The average molecular weight is 307 g/mol. The highest BCUT2D eigenvalue weighted by molar-refractivity contribution is 8.74. The van der Waals surface area contributed by atoms with Crippen LogP contribution in [0.5, 0.6) is 0 Å². The second-order valence-corrected chi connectivity index (χ2v) is 6.25. The van der Waals surface area contributed by atoms with E-state index in [1.165, 1.54) is 0 Å². The number of morpholine rings is 1. The lowest BCUT2D eigenvalue weighted by atomic mass is 10.2. The highest BCUT2D eigenvalue weighted by Gasteiger charge is 2.20. The molecule has 0 unspecified atom stereocenters. The third kappa shape index (κ3) is 8.04. The van der Waals surface area contributed by atoms with Gasteiger partial charge < -0.3 is 15.4 Å². The van der Waals surface area contributed by atoms with Crippen molar-refractivity contribution in [2.24, 2.45) is 5.92 Å². The first-order chi connectivity index (χ1) is 9.11. The van der Waals surface area contributed by atoms with E-state index >= 15 is 0 Å². The molecule has 0 bridgehead atoms. The Hall–Kier alpha value is 0.0500. The minimum Gasteiger partial charge on any atom is -0.374 e. The molecule has 7 heteroatoms. The van der Waals surface area contributed by atoms with E-state index in [1.54, 1.807) is 0 Å². The predicted octanol–water partition coefficient (Wildman–Crippen LogP) is 1.22. The first kappa shape index (κ1) is 17.1. The maximum atomic E-state index is 11.1. The highest BCUT2D eigenvalue weighted by atomic mass is 33.1. The Labute approximate surface area is 125 Å². The molecular weight excluding hydrogens is 282 g/mol. The summed E-state index contributed by atoms with van der Waals surface area (Å²) >= 11 is 3.85. The van der Waals surface area contributed by atoms with Crippen LogP contribution >= 0.6 is 22.5 Å². The normalized spacial score (nSPS) is 20.7. The lowest BCUT2D eigenvalue weighted by Crippen LogP contribution is -2.48. The average Bonchev–Trinajstić information content (AvgIpc) is 2.41. The van der Waals surface area contributed by atoms with E-state index in [0.717, 1.165) is 50.1 Å². The van der Waals surface area contributed by atoms with Gasteiger partial charge in [-0.2, -0.15) is 0 Å². The standard InChI is InChI=1S/C12H25N3O2S2/c1-10(2)7-13-3-4-15-5-6-17-11(9-15)8-14-12(16)19-18/h10-11,13,18H,3-9H2,1-2H3,(H,14,16)/t11-/m0/s1. The van der Waals surface area contributed by atoms with Crippen molar-refractivity contribution in [3.8, 4) is 0 Å². The van der Waals surface area contributed by atoms with Crippen LogP contribution in [0.1, 0.15) is 13.8 Å². The maximum Gasteiger partial charge on any atom is 0.289 e. The fourth-order valence-corrected chi connectivity index (χ4v) is 2.31. The highest BCUT2D eigenvalue weighted by Crippen LogP contribution is 2.07. The Morgan fingerprint density at radius 2 is 2.37 bits per heavy atom. The van der Waals surface area contributed by atoms with Gasteiger partial charge in [0.05, 0.1) is 12.7 Å². The van der Waals surface area contributed by atoms with Crippen molar-refractivity contribution in [1.29, 1.82) is 0 Å². The molecule has 19 heavy (non-hydrogen) atoms. The summed E-state index contributed by atoms with van der Waals surface area (Å²) in [7, 11) is 0.899. The smallest absolute Gasteiger partial charge is 0.289 e. The molecule has 1 rings (SSSR count). The molecule has 1 aliphatic heterocycles. The molecule has 1 fully saturated rings. The van der Waals surface area contributed by atoms with Gasteiger partial charge in [-0.3, -0.25) is 9.69 Å². The van der Waals surface area contributed by atoms with Crippen molar-refractivity contribution >= 4 is 27.7 Å². The van der Waals surface area contributed by atoms with Crippen LogP contribution in [0.2, 0.25) is 0 Å². The zero-order valence-electron chi connectivity index (χ0n) is 11.7. The first-order valence-electron chi connectivity index (χ1n) is 6.75. The van der Waals surface area contributed by atoms with Gasteiger partial charge in [0.1, 0.15) is 0 Å². The summed E-state index contributed by atoms with van der Waals surface area (Å²) in [5.74, 6) is 0.686. The second-order valence-electron chi connectivity index (χ2n) is 5.15. The van der Waals surface area contributed by atoms with Crippen molar-refractivity contribution in [1.82, 2.24) is 15.5 Å². The molecule has 5 nitrogen and oxygen atoms in total. The van der Waals surface area contributed by atoms with Gasteiger partial charge in [0, 0.05) is 43.5 Å². The van der Waals surface area contributed by atoms with E-state index in [0.29, 0.717) is 12.5 Å². The van der Waals surface area contributed by atoms with Gasteiger partial charge in [-0.15, -0.1) is 11.7 Å². The Balaban J connectivity index is 2.13. The van der Waals surface area contributed by atoms with E-state index in [1.807, 2.05) is 0 Å². The zero-order chi connectivity index (χ0) is 14.1. The molecule has 1 amide bonds. The third-order valence-corrected chi connectivity index (χ3v) is 3.74. The number of amides is 1. The summed E-state index contributed by atoms with van der Waals surface area (Å²) < 4.78 is 5.64. The van der Waals surface area contributed by atoms with Crippen LogP contribution < -0.4 is 10.6 Å². The van der Waals surface area contributed by atoms with E-state index in [4.69, 9.17) is 4.74 Å². The largest absolute Gasteiger partial charge is 0.374 e. The molecule has 1 saturated heterocycles. The first-order valence-corrected chi connectivity index (χ1v) is 8.62. The third-order valence-electron chi connectivity index (χ3n) is 2.94. The summed E-state index contributed by atoms with van der Waals surface area (Å²) in [6.45, 7) is 10.6. The quantitative estimate of drug-likeness (QED) is 0.375. The van der Waals surface area contributed by atoms with Gasteiger partial charge in [0.25, 0.3) is 5.24 Å². The molecule has 0 aromatic carbocycles. The van der Waals surface area contributed by atoms with Gasteiger partial charge in [-0.1, -0.05) is 13.8 Å². The van der Waals surface area contributed by atoms with Crippen LogP contribution in [0.25, 0.3) is 0 Å². The van der Waals surface area contributed by atoms with E-state index in [-0.39, 0.29) is 11.3 Å². The maximum absolute atomic E-state index is 11.1. The Morgan fingerprint density at radius 3 is 3.05 bits per heavy atom. The van der Waals surface area contributed by atoms with Crippen molar-refractivity contribution in [2.75, 3.05) is 45.9 Å². The number of hydrogen-bond donors (Lipinski definition) is 3. The molecule has 1 heterocycles. The zero-order valence-corrected chi connectivity index (χ0v) is 13.4. The topological polar surface area (TPSA) is 53.6 Å². The SMILES string of the molecule is CC(C)CNCCN1CCO[C@@H](CNC(=O)SS)C1. The van der Waals surface area contributed by atoms with E-state index in [2.05, 4.69) is 41.0 Å². The van der Waals surface area contributed by atoms with Gasteiger partial charge in [-0.25, -0.2) is 0 Å². The minimum atomic E-state index is -0.123. The van der Waals surface area contributed by atoms with Crippen molar-refractivity contribution in [3.63, 3.8) is 0 Å². The minimum absolute atomic E-state index is 0.0864. The Bertz CT molecular complexity index is 267. The van der Waals surface area contributed by atoms with Crippen LogP contribution in [0.15, 0.2) is 0 Å². The molecule has 0 aromatic rings. The molecule has 1 aliphatic rings. The number of hydrogen-bond acceptors (Lipinski definition) is 6. The number of rotatable bonds is 7. The second kappa shape index (κ2) is 9.88. The number of carbonyl (C=O) groups is 1. The Morgan fingerprint density at radius 1 is 1.58 bits per heavy atom. The summed E-state index contributed by atoms with van der Waals surface area (Å²) in [4.78, 5) is 13.5. The molecule has 112 valence electrons. The van der Waals surface area contributed by atoms with Gasteiger partial charge in [-0.05, 0) is 12.5 Å². The molecule has 1 atom stereocenters. The predicted molar refractivity (Wildman–Crippen MR) is 83.9 cm³/mol. The molecule has 2 N–H and O–H groups in total. The number of ether oxygens (including phenoxy) is 1. The van der Waals surface area contributed by atoms with Crippen molar-refractivity contribution < 1.29 is 9.53 Å². The van der Waals surface area contributed by atoms with Crippen LogP contribution in [-0.2, 0) is 4.74 Å². The van der Waals surface area contributed by atoms with Gasteiger partial charge in [0.15, 0.2) is 0 Å². The number of nitrogens with one attached hydrogen (secondary N) is 2. The fourth-order valence-electron chi connectivity index (χ4n) is 1.96. The van der Waals surface area contributed by atoms with Crippen LogP contribution in [0.4, 0.5) is 4.79 Å². The van der Waals surface area contributed by atoms with E-state index < -0.39 is 0 Å². The molecule has 0 spiro atoms. The van der Waals surface area contributed by atoms with Crippen molar-refractivity contribution in [3.05, 3.63) is 0 Å². The summed E-state index contributed by atoms with van der Waals surface area (Å²) in [6, 6.07) is 0. The summed E-state index contributed by atoms with van der Waals surface area (Å²) in [6.07, 6.45) is 0.0864. The van der Waals surface area contributed by atoms with Crippen LogP contribution in [0, 0.1) is 5.92 Å². The van der Waals surface area contributed by atoms with Crippen molar-refractivity contribution in [2.45, 2.75) is 20.0 Å². The number of thiol groups is 1. The summed E-state index contributed by atoms with van der Waals surface area (Å²) in [5, 5.41) is 6.10. The van der Waals surface area contributed by atoms with Crippen LogP contribution in [-0.4, -0.2) is 62.1 Å². The fraction of sp³-hybridized carbons (Fsp3) is 0.917. The molecule has 0 aromatic heterocycles. The van der Waals surface area contributed by atoms with Crippen LogP contribution in [0.3, 0.4) is 0 Å². The summed E-state index contributed by atoms with van der Waals surface area (Å²) in [5.41, 5.74) is 0. The monoisotopic (exact) mass is 307 g/mol. The molecule has 0 radical (unpaired) electrons. The molecule has 0 aliphatic carbocycles. The Kier molecular flexibility index (Phi) is 8.89.